The van der Waals surface area contributed by atoms with Crippen molar-refractivity contribution in [3.8, 4) is 0 Å². The lowest BCUT2D eigenvalue weighted by atomic mass is 10.3. The molecule has 1 aromatic heterocycles. The van der Waals surface area contributed by atoms with E-state index < -0.39 is 17.7 Å². The van der Waals surface area contributed by atoms with Crippen LogP contribution in [0.5, 0.6) is 0 Å². The number of nitrogens with zero attached hydrogens (tertiary/aromatic N) is 1. The lowest BCUT2D eigenvalue weighted by molar-refractivity contribution is -0.137. The van der Waals surface area contributed by atoms with Gasteiger partial charge in [-0.15, -0.1) is 0 Å². The summed E-state index contributed by atoms with van der Waals surface area (Å²) in [5.74, 6) is -0.754. The molecule has 15 heavy (non-hydrogen) atoms. The third kappa shape index (κ3) is 2.51. The van der Waals surface area contributed by atoms with E-state index in [1.807, 2.05) is 0 Å². The van der Waals surface area contributed by atoms with E-state index in [0.29, 0.717) is 0 Å². The second-order valence-corrected chi connectivity index (χ2v) is 2.94. The standard InChI is InChI=1S/C9H10F3NO2/c1-3-15-8(14)7-4-6(5-13(7)2)9(10,11)12/h4-5H,3H2,1-2H3. The number of aromatic nitrogens is 1. The van der Waals surface area contributed by atoms with E-state index in [4.69, 9.17) is 0 Å². The Hall–Kier alpha value is -1.46. The number of aryl methyl sites for hydroxylation is 1. The number of alkyl halides is 3. The topological polar surface area (TPSA) is 31.2 Å². The molecule has 84 valence electrons. The van der Waals surface area contributed by atoms with Crippen LogP contribution in [-0.4, -0.2) is 17.1 Å². The fourth-order valence-corrected chi connectivity index (χ4v) is 1.13. The molecule has 0 saturated heterocycles. The van der Waals surface area contributed by atoms with Gasteiger partial charge in [0.25, 0.3) is 0 Å². The molecule has 3 nitrogen and oxygen atoms in total. The number of carbonyl (C=O) groups is 1. The number of carbonyl (C=O) groups excluding carboxylic acids is 1. The summed E-state index contributed by atoms with van der Waals surface area (Å²) in [5, 5.41) is 0. The SMILES string of the molecule is CCOC(=O)c1cc(C(F)(F)F)cn1C. The minimum Gasteiger partial charge on any atom is -0.461 e. The van der Waals surface area contributed by atoms with Gasteiger partial charge in [0.1, 0.15) is 5.69 Å². The van der Waals surface area contributed by atoms with E-state index in [1.54, 1.807) is 6.92 Å². The van der Waals surface area contributed by atoms with Crippen LogP contribution < -0.4 is 0 Å². The van der Waals surface area contributed by atoms with Crippen molar-refractivity contribution in [2.75, 3.05) is 6.61 Å². The summed E-state index contributed by atoms with van der Waals surface area (Å²) in [6.45, 7) is 1.72. The number of hydrogen-bond donors (Lipinski definition) is 0. The van der Waals surface area contributed by atoms with Gasteiger partial charge in [-0.25, -0.2) is 4.79 Å². The van der Waals surface area contributed by atoms with E-state index in [2.05, 4.69) is 4.74 Å². The van der Waals surface area contributed by atoms with Gasteiger partial charge in [0.2, 0.25) is 0 Å². The predicted molar refractivity (Wildman–Crippen MR) is 46.4 cm³/mol. The van der Waals surface area contributed by atoms with E-state index in [9.17, 15) is 18.0 Å². The fraction of sp³-hybridized carbons (Fsp3) is 0.444. The van der Waals surface area contributed by atoms with Gasteiger partial charge in [0.05, 0.1) is 12.2 Å². The van der Waals surface area contributed by atoms with Crippen LogP contribution in [0, 0.1) is 0 Å². The van der Waals surface area contributed by atoms with Crippen LogP contribution in [0.2, 0.25) is 0 Å². The van der Waals surface area contributed by atoms with Crippen molar-refractivity contribution in [1.29, 1.82) is 0 Å². The Labute approximate surface area is 84.4 Å². The van der Waals surface area contributed by atoms with Crippen molar-refractivity contribution in [2.24, 2.45) is 7.05 Å². The Kier molecular flexibility index (Phi) is 3.06. The van der Waals surface area contributed by atoms with E-state index in [1.165, 1.54) is 7.05 Å². The van der Waals surface area contributed by atoms with Gasteiger partial charge in [-0.2, -0.15) is 13.2 Å². The van der Waals surface area contributed by atoms with Crippen molar-refractivity contribution in [2.45, 2.75) is 13.1 Å². The largest absolute Gasteiger partial charge is 0.461 e. The highest BCUT2D eigenvalue weighted by molar-refractivity contribution is 5.88. The molecule has 1 aromatic rings. The van der Waals surface area contributed by atoms with Crippen molar-refractivity contribution in [3.63, 3.8) is 0 Å². The summed E-state index contributed by atoms with van der Waals surface area (Å²) in [6, 6.07) is 0.776. The van der Waals surface area contributed by atoms with E-state index in [0.717, 1.165) is 16.8 Å². The average molecular weight is 221 g/mol. The van der Waals surface area contributed by atoms with E-state index >= 15 is 0 Å². The average Bonchev–Trinajstić information content (AvgIpc) is 2.47. The molecule has 0 N–H and O–H groups in total. The zero-order valence-electron chi connectivity index (χ0n) is 8.26. The molecule has 0 bridgehead atoms. The Bertz CT molecular complexity index is 368. The fourth-order valence-electron chi connectivity index (χ4n) is 1.13. The molecule has 0 radical (unpaired) electrons. The number of ether oxygens (including phenoxy) is 1. The molecule has 0 fully saturated rings. The van der Waals surface area contributed by atoms with Gasteiger partial charge in [0, 0.05) is 13.2 Å². The summed E-state index contributed by atoms with van der Waals surface area (Å²) >= 11 is 0. The van der Waals surface area contributed by atoms with Crippen LogP contribution in [0.3, 0.4) is 0 Å². The van der Waals surface area contributed by atoms with Crippen molar-refractivity contribution < 1.29 is 22.7 Å². The number of halogens is 3. The molecule has 0 aliphatic carbocycles. The summed E-state index contributed by atoms with van der Waals surface area (Å²) in [7, 11) is 1.36. The molecule has 0 unspecified atom stereocenters. The molecule has 0 atom stereocenters. The summed E-state index contributed by atoms with van der Waals surface area (Å²) in [5.41, 5.74) is -0.961. The van der Waals surface area contributed by atoms with Gasteiger partial charge in [0.15, 0.2) is 0 Å². The molecule has 1 rings (SSSR count). The third-order valence-corrected chi connectivity index (χ3v) is 1.82. The lowest BCUT2D eigenvalue weighted by Gasteiger charge is -2.01. The molecule has 0 aromatic carbocycles. The molecule has 0 aliphatic heterocycles. The van der Waals surface area contributed by atoms with E-state index in [-0.39, 0.29) is 12.3 Å². The maximum absolute atomic E-state index is 12.3. The minimum absolute atomic E-state index is 0.107. The highest BCUT2D eigenvalue weighted by atomic mass is 19.4. The molecular weight excluding hydrogens is 211 g/mol. The number of hydrogen-bond acceptors (Lipinski definition) is 2. The molecule has 0 amide bonds. The number of rotatable bonds is 2. The second-order valence-electron chi connectivity index (χ2n) is 2.94. The first kappa shape index (κ1) is 11.6. The van der Waals surface area contributed by atoms with Crippen LogP contribution in [0.4, 0.5) is 13.2 Å². The van der Waals surface area contributed by atoms with Crippen LogP contribution in [0.25, 0.3) is 0 Å². The highest BCUT2D eigenvalue weighted by Gasteiger charge is 2.33. The lowest BCUT2D eigenvalue weighted by Crippen LogP contribution is -2.08. The Balaban J connectivity index is 3.02. The first-order valence-corrected chi connectivity index (χ1v) is 4.27. The quantitative estimate of drug-likeness (QED) is 0.717. The zero-order chi connectivity index (χ0) is 11.6. The Morgan fingerprint density at radius 2 is 2.13 bits per heavy atom. The van der Waals surface area contributed by atoms with Gasteiger partial charge in [-0.1, -0.05) is 0 Å². The monoisotopic (exact) mass is 221 g/mol. The molecular formula is C9H10F3NO2. The predicted octanol–water partition coefficient (Wildman–Crippen LogP) is 2.22. The molecule has 1 heterocycles. The maximum Gasteiger partial charge on any atom is 0.417 e. The molecule has 0 aliphatic rings. The van der Waals surface area contributed by atoms with Crippen LogP contribution in [-0.2, 0) is 18.0 Å². The minimum atomic E-state index is -4.44. The van der Waals surface area contributed by atoms with Crippen molar-refractivity contribution in [3.05, 3.63) is 23.5 Å². The summed E-state index contributed by atoms with van der Waals surface area (Å²) in [6.07, 6.45) is -3.59. The third-order valence-electron chi connectivity index (χ3n) is 1.82. The van der Waals surface area contributed by atoms with Crippen LogP contribution in [0.15, 0.2) is 12.3 Å². The van der Waals surface area contributed by atoms with Gasteiger partial charge in [-0.05, 0) is 13.0 Å². The first-order valence-electron chi connectivity index (χ1n) is 4.27. The van der Waals surface area contributed by atoms with Gasteiger partial charge < -0.3 is 9.30 Å². The normalized spacial score (nSPS) is 11.5. The second kappa shape index (κ2) is 3.96. The smallest absolute Gasteiger partial charge is 0.417 e. The van der Waals surface area contributed by atoms with Gasteiger partial charge in [-0.3, -0.25) is 0 Å². The summed E-state index contributed by atoms with van der Waals surface area (Å²) < 4.78 is 42.5. The van der Waals surface area contributed by atoms with Crippen LogP contribution in [0.1, 0.15) is 23.0 Å². The number of esters is 1. The summed E-state index contributed by atoms with van der Waals surface area (Å²) in [4.78, 5) is 11.2. The molecule has 0 saturated carbocycles. The van der Waals surface area contributed by atoms with Gasteiger partial charge >= 0.3 is 12.1 Å². The highest BCUT2D eigenvalue weighted by Crippen LogP contribution is 2.30. The Morgan fingerprint density at radius 1 is 1.53 bits per heavy atom. The maximum atomic E-state index is 12.3. The zero-order valence-corrected chi connectivity index (χ0v) is 8.26. The molecule has 0 spiro atoms. The van der Waals surface area contributed by atoms with Crippen molar-refractivity contribution >= 4 is 5.97 Å². The Morgan fingerprint density at radius 3 is 2.53 bits per heavy atom. The van der Waals surface area contributed by atoms with Crippen molar-refractivity contribution in [1.82, 2.24) is 4.57 Å². The molecule has 6 heteroatoms. The van der Waals surface area contributed by atoms with Crippen LogP contribution >= 0.6 is 0 Å². The first-order chi connectivity index (χ1) is 6.86.